The van der Waals surface area contributed by atoms with Crippen LogP contribution in [0.2, 0.25) is 0 Å². The van der Waals surface area contributed by atoms with Gasteiger partial charge < -0.3 is 20.1 Å². The average Bonchev–Trinajstić information content (AvgIpc) is 2.54. The number of rotatable bonds is 8. The first-order chi connectivity index (χ1) is 10.8. The minimum absolute atomic E-state index is 0. The Kier molecular flexibility index (Phi) is 10.1. The summed E-state index contributed by atoms with van der Waals surface area (Å²) >= 11 is 1.89. The summed E-state index contributed by atoms with van der Waals surface area (Å²) in [7, 11) is 1.67. The van der Waals surface area contributed by atoms with Crippen molar-refractivity contribution in [3.05, 3.63) is 24.3 Å². The molecule has 0 spiro atoms. The van der Waals surface area contributed by atoms with Crippen LogP contribution in [0.4, 0.5) is 5.69 Å². The molecule has 1 saturated heterocycles. The van der Waals surface area contributed by atoms with Crippen LogP contribution in [0.1, 0.15) is 12.8 Å². The van der Waals surface area contributed by atoms with E-state index in [9.17, 15) is 4.79 Å². The van der Waals surface area contributed by atoms with Crippen LogP contribution in [0.3, 0.4) is 0 Å². The molecule has 23 heavy (non-hydrogen) atoms. The molecule has 0 radical (unpaired) electrons. The Morgan fingerprint density at radius 3 is 2.96 bits per heavy atom. The monoisotopic (exact) mass is 360 g/mol. The lowest BCUT2D eigenvalue weighted by Gasteiger charge is -2.22. The van der Waals surface area contributed by atoms with E-state index in [0.717, 1.165) is 30.2 Å². The second kappa shape index (κ2) is 11.6. The molecule has 1 aromatic rings. The van der Waals surface area contributed by atoms with Gasteiger partial charge in [-0.1, -0.05) is 12.1 Å². The quantitative estimate of drug-likeness (QED) is 0.698. The van der Waals surface area contributed by atoms with Gasteiger partial charge in [-0.25, -0.2) is 0 Å². The van der Waals surface area contributed by atoms with E-state index in [1.165, 1.54) is 0 Å². The fourth-order valence-electron chi connectivity index (χ4n) is 2.26. The Hall–Kier alpha value is -0.950. The first-order valence-electron chi connectivity index (χ1n) is 7.61. The van der Waals surface area contributed by atoms with Crippen LogP contribution >= 0.6 is 24.2 Å². The fourth-order valence-corrected chi connectivity index (χ4v) is 3.21. The minimum atomic E-state index is 0. The fraction of sp³-hybridized carbons (Fsp3) is 0.562. The molecule has 1 unspecified atom stereocenters. The van der Waals surface area contributed by atoms with Crippen molar-refractivity contribution in [2.75, 3.05) is 43.7 Å². The van der Waals surface area contributed by atoms with Gasteiger partial charge in [-0.2, -0.15) is 11.8 Å². The molecule has 1 atom stereocenters. The number of para-hydroxylation sites is 2. The molecular formula is C16H25ClN2O3S. The van der Waals surface area contributed by atoms with Gasteiger partial charge in [0.05, 0.1) is 12.3 Å². The SMILES string of the molecule is COCCCOc1ccccc1NC(=O)CC1CSCCN1.Cl. The zero-order valence-electron chi connectivity index (χ0n) is 13.4. The lowest BCUT2D eigenvalue weighted by atomic mass is 10.2. The molecule has 0 aromatic heterocycles. The summed E-state index contributed by atoms with van der Waals surface area (Å²) < 4.78 is 10.7. The molecule has 2 N–H and O–H groups in total. The molecule has 0 saturated carbocycles. The summed E-state index contributed by atoms with van der Waals surface area (Å²) in [5.74, 6) is 2.84. The zero-order valence-corrected chi connectivity index (χ0v) is 15.0. The number of carbonyl (C=O) groups is 1. The summed E-state index contributed by atoms with van der Waals surface area (Å²) in [4.78, 5) is 12.2. The van der Waals surface area contributed by atoms with Gasteiger partial charge >= 0.3 is 0 Å². The number of hydrogen-bond acceptors (Lipinski definition) is 5. The molecule has 1 aliphatic rings. The van der Waals surface area contributed by atoms with Crippen LogP contribution in [0.15, 0.2) is 24.3 Å². The Morgan fingerprint density at radius 2 is 2.22 bits per heavy atom. The van der Waals surface area contributed by atoms with E-state index >= 15 is 0 Å². The van der Waals surface area contributed by atoms with Gasteiger partial charge in [-0.15, -0.1) is 12.4 Å². The summed E-state index contributed by atoms with van der Waals surface area (Å²) in [6.07, 6.45) is 1.31. The number of hydrogen-bond donors (Lipinski definition) is 2. The number of halogens is 1. The molecule has 2 rings (SSSR count). The molecule has 7 heteroatoms. The highest BCUT2D eigenvalue weighted by molar-refractivity contribution is 7.99. The highest BCUT2D eigenvalue weighted by Crippen LogP contribution is 2.24. The zero-order chi connectivity index (χ0) is 15.6. The van der Waals surface area contributed by atoms with Gasteiger partial charge in [0.15, 0.2) is 0 Å². The molecule has 1 aliphatic heterocycles. The lowest BCUT2D eigenvalue weighted by Crippen LogP contribution is -2.39. The maximum absolute atomic E-state index is 12.2. The van der Waals surface area contributed by atoms with Crippen LogP contribution in [-0.2, 0) is 9.53 Å². The topological polar surface area (TPSA) is 59.6 Å². The Bertz CT molecular complexity index is 470. The summed E-state index contributed by atoms with van der Waals surface area (Å²) in [6.45, 7) is 2.21. The van der Waals surface area contributed by atoms with Crippen LogP contribution < -0.4 is 15.4 Å². The average molecular weight is 361 g/mol. The second-order valence-corrected chi connectivity index (χ2v) is 6.32. The normalized spacial score (nSPS) is 17.2. The van der Waals surface area contributed by atoms with Crippen LogP contribution in [0, 0.1) is 0 Å². The first-order valence-corrected chi connectivity index (χ1v) is 8.77. The largest absolute Gasteiger partial charge is 0.491 e. The highest BCUT2D eigenvalue weighted by atomic mass is 35.5. The van der Waals surface area contributed by atoms with Gasteiger partial charge in [-0.05, 0) is 12.1 Å². The van der Waals surface area contributed by atoms with Gasteiger partial charge in [0, 0.05) is 50.7 Å². The van der Waals surface area contributed by atoms with Crippen LogP contribution in [0.25, 0.3) is 0 Å². The molecule has 1 amide bonds. The van der Waals surface area contributed by atoms with Crippen molar-refractivity contribution < 1.29 is 14.3 Å². The molecule has 1 heterocycles. The molecule has 0 aliphatic carbocycles. The van der Waals surface area contributed by atoms with E-state index in [1.54, 1.807) is 7.11 Å². The number of amides is 1. The highest BCUT2D eigenvalue weighted by Gasteiger charge is 2.17. The van der Waals surface area contributed by atoms with Crippen LogP contribution in [-0.4, -0.2) is 50.3 Å². The third-order valence-electron chi connectivity index (χ3n) is 3.34. The van der Waals surface area contributed by atoms with E-state index in [0.29, 0.717) is 25.4 Å². The van der Waals surface area contributed by atoms with Crippen molar-refractivity contribution in [2.45, 2.75) is 18.9 Å². The molecule has 130 valence electrons. The predicted molar refractivity (Wildman–Crippen MR) is 98.0 cm³/mol. The molecule has 0 bridgehead atoms. The van der Waals surface area contributed by atoms with Crippen molar-refractivity contribution in [3.63, 3.8) is 0 Å². The second-order valence-electron chi connectivity index (χ2n) is 5.17. The summed E-state index contributed by atoms with van der Waals surface area (Å²) in [6, 6.07) is 7.80. The number of methoxy groups -OCH3 is 1. The van der Waals surface area contributed by atoms with Gasteiger partial charge in [0.1, 0.15) is 5.75 Å². The Balaban J connectivity index is 0.00000264. The van der Waals surface area contributed by atoms with Crippen molar-refractivity contribution >= 4 is 35.8 Å². The van der Waals surface area contributed by atoms with Gasteiger partial charge in [-0.3, -0.25) is 4.79 Å². The maximum Gasteiger partial charge on any atom is 0.226 e. The van der Waals surface area contributed by atoms with Crippen molar-refractivity contribution in [3.8, 4) is 5.75 Å². The molecule has 5 nitrogen and oxygen atoms in total. The van der Waals surface area contributed by atoms with Crippen molar-refractivity contribution in [2.24, 2.45) is 0 Å². The molecular weight excluding hydrogens is 336 g/mol. The molecule has 1 fully saturated rings. The Labute approximate surface area is 148 Å². The van der Waals surface area contributed by atoms with E-state index in [4.69, 9.17) is 9.47 Å². The Morgan fingerprint density at radius 1 is 1.39 bits per heavy atom. The number of thioether (sulfide) groups is 1. The maximum atomic E-state index is 12.2. The van der Waals surface area contributed by atoms with E-state index < -0.39 is 0 Å². The number of carbonyl (C=O) groups excluding carboxylic acids is 1. The number of nitrogens with one attached hydrogen (secondary N) is 2. The minimum Gasteiger partial charge on any atom is -0.491 e. The van der Waals surface area contributed by atoms with Crippen LogP contribution in [0.5, 0.6) is 5.75 Å². The van der Waals surface area contributed by atoms with Gasteiger partial charge in [0.25, 0.3) is 0 Å². The predicted octanol–water partition coefficient (Wildman–Crippen LogP) is 2.56. The number of benzene rings is 1. The third-order valence-corrected chi connectivity index (χ3v) is 4.47. The third kappa shape index (κ3) is 7.44. The van der Waals surface area contributed by atoms with E-state index in [2.05, 4.69) is 10.6 Å². The number of anilines is 1. The summed E-state index contributed by atoms with van der Waals surface area (Å²) in [5.41, 5.74) is 0.730. The smallest absolute Gasteiger partial charge is 0.226 e. The molecule has 1 aromatic carbocycles. The first kappa shape index (κ1) is 20.1. The standard InChI is InChI=1S/C16H24N2O3S.ClH/c1-20-8-4-9-21-15-6-3-2-5-14(15)18-16(19)11-13-12-22-10-7-17-13;/h2-3,5-6,13,17H,4,7-12H2,1H3,(H,18,19);1H. The van der Waals surface area contributed by atoms with Crippen molar-refractivity contribution in [1.82, 2.24) is 5.32 Å². The number of ether oxygens (including phenoxy) is 2. The summed E-state index contributed by atoms with van der Waals surface area (Å²) in [5, 5.41) is 6.33. The van der Waals surface area contributed by atoms with E-state index in [-0.39, 0.29) is 24.4 Å². The van der Waals surface area contributed by atoms with E-state index in [1.807, 2.05) is 36.0 Å². The lowest BCUT2D eigenvalue weighted by molar-refractivity contribution is -0.116. The van der Waals surface area contributed by atoms with Gasteiger partial charge in [0.2, 0.25) is 5.91 Å². The van der Waals surface area contributed by atoms with Crippen molar-refractivity contribution in [1.29, 1.82) is 0 Å².